The van der Waals surface area contributed by atoms with Crippen molar-refractivity contribution in [3.63, 3.8) is 0 Å². The molecule has 150 heavy (non-hydrogen) atoms. The molecule has 0 aliphatic carbocycles. The Hall–Kier alpha value is -13.0. The lowest BCUT2D eigenvalue weighted by Gasteiger charge is -2.44. The van der Waals surface area contributed by atoms with E-state index in [-0.39, 0.29) is 144 Å². The van der Waals surface area contributed by atoms with Crippen LogP contribution in [-0.2, 0) is 248 Å². The number of rotatable bonds is 63. The Kier molecular flexibility index (Phi) is 51.0. The number of carbonyl (C=O) groups excluding carboxylic acids is 16. The Morgan fingerprint density at radius 1 is 0.307 bits per heavy atom. The summed E-state index contributed by atoms with van der Waals surface area (Å²) >= 11 is 0. The van der Waals surface area contributed by atoms with Crippen molar-refractivity contribution in [2.75, 3.05) is 112 Å². The summed E-state index contributed by atoms with van der Waals surface area (Å²) in [7, 11) is 0. The van der Waals surface area contributed by atoms with Gasteiger partial charge < -0.3 is 140 Å². The maximum Gasteiger partial charge on any atom is 0.320 e. The molecular weight excluding hydrogens is 2010 g/mol. The topological polar surface area (TPSA) is 709 Å². The van der Waals surface area contributed by atoms with E-state index in [9.17, 15) is 86.6 Å². The van der Waals surface area contributed by atoms with E-state index >= 15 is 0 Å². The van der Waals surface area contributed by atoms with E-state index in [0.717, 1.165) is 83.1 Å². The maximum atomic E-state index is 13.9. The van der Waals surface area contributed by atoms with Crippen molar-refractivity contribution in [1.82, 2.24) is 91.0 Å². The summed E-state index contributed by atoms with van der Waals surface area (Å²) in [5, 5.41) is 56.9. The van der Waals surface area contributed by atoms with Crippen LogP contribution in [0.5, 0.6) is 0 Å². The second-order valence-electron chi connectivity index (χ2n) is 34.7. The summed E-state index contributed by atoms with van der Waals surface area (Å²) in [4.78, 5) is 215. The molecule has 4 aliphatic rings. The van der Waals surface area contributed by atoms with Crippen molar-refractivity contribution in [2.24, 2.45) is 0 Å². The normalized spacial score (nSPS) is 23.7. The standard InChI is InChI=1S/C90H134N18O42/c1-49(109)91-74-82(143-61(13)121)78(139-57(9)117)70(45-135-53(5)113)147-87(74)131-33-29-127-25-21-105-41-65(95-99-105)37-103(38-66-42-106(100-96-66)22-26-128-30-34-132-88-75(92-50(2)110)83(144-62(14)122)79(140-58(10)118)71(148-88)46-136-54(6)114)20-18-17-19-69(86(125)126)104(39-67-43-107(101-97-67)23-27-129-31-35-133-89-76(93-51(3)111)84(145-63(15)123)80(141-59(11)119)72(149-89)47-137-55(7)115)40-68-44-108(102-98-68)24-28-130-32-36-134-90-77(94-52(4)112)85(146-64(16)124)81(142-60(12)120)73(150-90)48-138-56(8)116/h41-44,69-85,87-90H,17-40,45-48H2,1-16H3,(H,91,109)(H,92,110)(H,93,111)(H,94,112)(H,125,126)/t69-,70?,71?,72?,73?,74?,75?,76?,77?,78?,79?,80?,81?,82?,83?,84?,85?,87?,88?,89?,90?/m0/s1. The largest absolute Gasteiger partial charge is 0.480 e. The van der Waals surface area contributed by atoms with Gasteiger partial charge >= 0.3 is 77.6 Å². The minimum atomic E-state index is -1.37. The molecule has 0 aromatic carbocycles. The van der Waals surface area contributed by atoms with Gasteiger partial charge in [-0.3, -0.25) is 91.3 Å². The Balaban J connectivity index is 0.979. The molecule has 20 unspecified atom stereocenters. The number of hydrogen-bond acceptors (Lipinski definition) is 51. The lowest BCUT2D eigenvalue weighted by Crippen LogP contribution is -2.66. The van der Waals surface area contributed by atoms with Crippen LogP contribution in [-0.4, -0.2) is 417 Å². The highest BCUT2D eigenvalue weighted by molar-refractivity contribution is 5.77. The second-order valence-corrected chi connectivity index (χ2v) is 34.7. The van der Waals surface area contributed by atoms with Crippen LogP contribution in [0, 0.1) is 0 Å². The molecule has 4 aromatic heterocycles. The predicted octanol–water partition coefficient (Wildman–Crippen LogP) is -3.86. The first-order valence-electron chi connectivity index (χ1n) is 48.0. The first kappa shape index (κ1) is 122. The predicted molar refractivity (Wildman–Crippen MR) is 492 cm³/mol. The Morgan fingerprint density at radius 2 is 0.533 bits per heavy atom. The second kappa shape index (κ2) is 62.6. The van der Waals surface area contributed by atoms with Gasteiger partial charge in [-0.1, -0.05) is 27.3 Å². The van der Waals surface area contributed by atoms with Gasteiger partial charge in [-0.2, -0.15) is 0 Å². The maximum absolute atomic E-state index is 13.9. The number of aliphatic carboxylic acids is 1. The highest BCUT2D eigenvalue weighted by atomic mass is 16.8. The molecule has 8 rings (SSSR count). The number of carboxylic acids is 1. The molecule has 8 heterocycles. The molecule has 4 aromatic rings. The molecule has 0 spiro atoms. The molecule has 5 N–H and O–H groups in total. The Bertz CT molecular complexity index is 4790. The van der Waals surface area contributed by atoms with Crippen LogP contribution in [0.25, 0.3) is 0 Å². The molecule has 21 atom stereocenters. The number of nitrogens with zero attached hydrogens (tertiary/aromatic N) is 14. The van der Waals surface area contributed by atoms with Crippen LogP contribution in [0.4, 0.5) is 0 Å². The van der Waals surface area contributed by atoms with E-state index < -0.39 is 256 Å². The number of carbonyl (C=O) groups is 17. The van der Waals surface area contributed by atoms with E-state index in [0.29, 0.717) is 35.7 Å². The summed E-state index contributed by atoms with van der Waals surface area (Å²) < 4.78 is 143. The summed E-state index contributed by atoms with van der Waals surface area (Å²) in [5.41, 5.74) is 1.61. The van der Waals surface area contributed by atoms with E-state index in [1.807, 2.05) is 4.90 Å². The van der Waals surface area contributed by atoms with Gasteiger partial charge in [0.25, 0.3) is 0 Å². The number of unbranched alkanes of at least 4 members (excludes halogenated alkanes) is 1. The minimum Gasteiger partial charge on any atom is -0.480 e. The first-order chi connectivity index (χ1) is 71.3. The van der Waals surface area contributed by atoms with Crippen molar-refractivity contribution in [3.05, 3.63) is 47.6 Å². The fourth-order valence-electron chi connectivity index (χ4n) is 16.2. The molecule has 836 valence electrons. The molecule has 60 heteroatoms. The number of ether oxygens (including phenoxy) is 24. The van der Waals surface area contributed by atoms with Gasteiger partial charge in [-0.25, -0.2) is 18.7 Å². The van der Waals surface area contributed by atoms with E-state index in [1.165, 1.54) is 46.4 Å². The van der Waals surface area contributed by atoms with E-state index in [2.05, 4.69) is 62.5 Å². The highest BCUT2D eigenvalue weighted by Gasteiger charge is 2.56. The summed E-state index contributed by atoms with van der Waals surface area (Å²) in [6.45, 7) is 16.4. The third kappa shape index (κ3) is 42.8. The number of carboxylic acid groups (broad SMARTS) is 1. The van der Waals surface area contributed by atoms with Crippen molar-refractivity contribution < 1.29 is 200 Å². The average Bonchev–Trinajstić information content (AvgIpc) is 0.909. The first-order valence-corrected chi connectivity index (χ1v) is 48.0. The number of aromatic nitrogens is 12. The highest BCUT2D eigenvalue weighted by Crippen LogP contribution is 2.34. The van der Waals surface area contributed by atoms with Crippen molar-refractivity contribution in [3.8, 4) is 0 Å². The molecule has 4 saturated heterocycles. The Labute approximate surface area is 860 Å². The average molecular weight is 2140 g/mol. The minimum absolute atomic E-state index is 0.00572. The lowest BCUT2D eigenvalue weighted by molar-refractivity contribution is -0.279. The Morgan fingerprint density at radius 3 is 0.747 bits per heavy atom. The quantitative estimate of drug-likeness (QED) is 0.0160. The van der Waals surface area contributed by atoms with E-state index in [1.54, 1.807) is 29.7 Å². The zero-order valence-electron chi connectivity index (χ0n) is 86.2. The van der Waals surface area contributed by atoms with Gasteiger partial charge in [0.2, 0.25) is 23.6 Å². The van der Waals surface area contributed by atoms with Crippen LogP contribution in [0.15, 0.2) is 24.8 Å². The molecule has 60 nitrogen and oxygen atoms in total. The molecule has 4 aliphatic heterocycles. The molecule has 0 saturated carbocycles. The number of esters is 12. The summed E-state index contributed by atoms with van der Waals surface area (Å²) in [6, 6.07) is -6.16. The van der Waals surface area contributed by atoms with Crippen LogP contribution in [0.3, 0.4) is 0 Å². The van der Waals surface area contributed by atoms with Gasteiger partial charge in [0.05, 0.1) is 128 Å². The smallest absolute Gasteiger partial charge is 0.320 e. The molecular formula is C90H134N18O42. The van der Waals surface area contributed by atoms with Crippen LogP contribution in [0.2, 0.25) is 0 Å². The molecule has 0 bridgehead atoms. The third-order valence-electron chi connectivity index (χ3n) is 22.0. The van der Waals surface area contributed by atoms with Crippen molar-refractivity contribution in [2.45, 2.75) is 311 Å². The number of amides is 4. The molecule has 4 amide bonds. The fourth-order valence-corrected chi connectivity index (χ4v) is 16.2. The van der Waals surface area contributed by atoms with Crippen molar-refractivity contribution in [1.29, 1.82) is 0 Å². The van der Waals surface area contributed by atoms with E-state index in [4.69, 9.17) is 114 Å². The van der Waals surface area contributed by atoms with Gasteiger partial charge in [0.1, 0.15) is 81.1 Å². The zero-order valence-corrected chi connectivity index (χ0v) is 86.2. The number of hydrogen-bond donors (Lipinski definition) is 5. The molecule has 4 fully saturated rings. The monoisotopic (exact) mass is 2140 g/mol. The van der Waals surface area contributed by atoms with Crippen LogP contribution in [0.1, 0.15) is 153 Å². The molecule has 0 radical (unpaired) electrons. The van der Waals surface area contributed by atoms with Crippen LogP contribution >= 0.6 is 0 Å². The summed E-state index contributed by atoms with van der Waals surface area (Å²) in [6.07, 6.45) is -13.9. The van der Waals surface area contributed by atoms with Crippen molar-refractivity contribution >= 4 is 101 Å². The SMILES string of the molecule is CC(=O)NC1C(OCCOCCn2cc(CN(CCCC[C@@H](C(=O)O)N(Cc3cn(CCOCCOC4OC(COC(C)=O)C(OC(C)=O)C(OC(C)=O)C4NC(C)=O)nn3)Cc3cn(CCOCCOC4OC(COC(C)=O)C(OC(C)=O)C(OC(C)=O)C4NC(C)=O)nn3)Cc3cn(CCOCCOC4OC(COC(C)=O)C(OC(C)=O)C(OC(C)=O)C4NC(C)=O)nn3)nn2)OC(COC(C)=O)C(OC(C)=O)C1OC(C)=O. The van der Waals surface area contributed by atoms with Gasteiger partial charge in [0.15, 0.2) is 74.0 Å². The van der Waals surface area contributed by atoms with Gasteiger partial charge in [-0.15, -0.1) is 20.4 Å². The van der Waals surface area contributed by atoms with Crippen LogP contribution < -0.4 is 21.3 Å². The fraction of sp³-hybridized carbons (Fsp3) is 0.722. The zero-order chi connectivity index (χ0) is 110. The third-order valence-corrected chi connectivity index (χ3v) is 22.0. The summed E-state index contributed by atoms with van der Waals surface area (Å²) in [5.74, 6) is -12.7. The van der Waals surface area contributed by atoms with Gasteiger partial charge in [0, 0.05) is 162 Å². The van der Waals surface area contributed by atoms with Gasteiger partial charge in [-0.05, 0) is 19.4 Å². The lowest BCUT2D eigenvalue weighted by atomic mass is 9.96. The number of nitrogens with one attached hydrogen (secondary N) is 4.